The van der Waals surface area contributed by atoms with Crippen LogP contribution in [0.25, 0.3) is 0 Å². The van der Waals surface area contributed by atoms with Crippen molar-refractivity contribution in [3.05, 3.63) is 42.4 Å². The first-order valence-electron chi connectivity index (χ1n) is 10.2. The van der Waals surface area contributed by atoms with Gasteiger partial charge in [0.2, 0.25) is 0 Å². The fraction of sp³-hybridized carbons (Fsp3) is 0.444. The maximum Gasteiger partial charge on any atom is 0.534 e. The zero-order valence-electron chi connectivity index (χ0n) is 19.1. The number of halogens is 18. The van der Waals surface area contributed by atoms with E-state index in [9.17, 15) is 43.2 Å². The second-order valence-corrected chi connectivity index (χ2v) is 18.7. The highest BCUT2D eigenvalue weighted by Crippen LogP contribution is 2.86. The molecule has 5 rings (SSSR count). The SMILES string of the molecule is O=S(=O)(Oc1c2c(c(OS(=O)(=O)C(F)(F)F)c3c1[C@@]1(Cl)C(Cl)=C(Cl)[C@]3(Cl)C1(Cl)Cl)[C@@]1(Cl)C(Cl)=C(Cl)[C@]2(Cl)C1(Cl)Cl)C(F)(F)F. The molecule has 0 saturated heterocycles. The second-order valence-electron chi connectivity index (χ2n) is 9.16. The van der Waals surface area contributed by atoms with Crippen LogP contribution in [0, 0.1) is 0 Å². The summed E-state index contributed by atoms with van der Waals surface area (Å²) >= 11 is 77.1. The summed E-state index contributed by atoms with van der Waals surface area (Å²) in [4.78, 5) is -12.2. The van der Waals surface area contributed by atoms with E-state index in [0.717, 1.165) is 0 Å². The molecule has 44 heavy (non-hydrogen) atoms. The molecule has 6 nitrogen and oxygen atoms in total. The average molecular weight is 916 g/mol. The monoisotopic (exact) mass is 910 g/mol. The number of alkyl halides is 14. The fourth-order valence-corrected chi connectivity index (χ4v) is 11.5. The van der Waals surface area contributed by atoms with Crippen molar-refractivity contribution in [2.45, 2.75) is 39.2 Å². The van der Waals surface area contributed by atoms with Gasteiger partial charge < -0.3 is 8.37 Å². The van der Waals surface area contributed by atoms with E-state index < -0.39 is 113 Å². The van der Waals surface area contributed by atoms with Crippen LogP contribution in [-0.2, 0) is 39.7 Å². The third-order valence-corrected chi connectivity index (χ3v) is 17.1. The molecule has 1 aromatic rings. The van der Waals surface area contributed by atoms with Gasteiger partial charge >= 0.3 is 31.3 Å². The Morgan fingerprint density at radius 3 is 0.795 bits per heavy atom. The molecule has 4 aliphatic rings. The Kier molecular flexibility index (Phi) is 7.91. The molecule has 0 aliphatic heterocycles. The highest BCUT2D eigenvalue weighted by molar-refractivity contribution is 7.88. The zero-order chi connectivity index (χ0) is 34.2. The lowest BCUT2D eigenvalue weighted by Gasteiger charge is -2.34. The largest absolute Gasteiger partial charge is 0.534 e. The standard InChI is InChI=1S/C18Cl12F6O6S2/c19-7-8(20)12(24)2-1(11(7,23)15(12,27)28)5(41-43(37,38)17(31,32)33)3-4(6(2)42-44(39,40)18(34,35)36)14(26)10(22)9(21)13(3,25)16(14,29)30/t11-,12+,13+,14-. The summed E-state index contributed by atoms with van der Waals surface area (Å²) < 4.78 is 135. The average Bonchev–Trinajstić information content (AvgIpc) is 3.18. The molecular formula is C18Cl12F6O6S2. The molecule has 0 unspecified atom stereocenters. The van der Waals surface area contributed by atoms with Crippen LogP contribution in [0.5, 0.6) is 11.5 Å². The van der Waals surface area contributed by atoms with Gasteiger partial charge in [0.15, 0.2) is 20.2 Å². The Morgan fingerprint density at radius 2 is 0.636 bits per heavy atom. The molecule has 4 aliphatic carbocycles. The van der Waals surface area contributed by atoms with Crippen LogP contribution in [0.3, 0.4) is 0 Å². The Hall–Kier alpha value is 1.26. The van der Waals surface area contributed by atoms with Gasteiger partial charge in [-0.05, 0) is 0 Å². The lowest BCUT2D eigenvalue weighted by Crippen LogP contribution is -2.41. The molecule has 0 heterocycles. The molecule has 0 fully saturated rings. The first-order chi connectivity index (χ1) is 19.3. The van der Waals surface area contributed by atoms with Crippen molar-refractivity contribution >= 4 is 159 Å². The maximum atomic E-state index is 13.7. The number of hydrogen-bond donors (Lipinski definition) is 0. The van der Waals surface area contributed by atoms with Crippen LogP contribution in [0.4, 0.5) is 26.3 Å². The molecule has 1 aromatic carbocycles. The summed E-state index contributed by atoms with van der Waals surface area (Å²) in [6, 6.07) is 0. The Labute approximate surface area is 301 Å². The molecule has 4 atom stereocenters. The van der Waals surface area contributed by atoms with E-state index in [-0.39, 0.29) is 0 Å². The molecule has 0 radical (unpaired) electrons. The van der Waals surface area contributed by atoms with E-state index in [4.69, 9.17) is 139 Å². The molecule has 0 amide bonds. The summed E-state index contributed by atoms with van der Waals surface area (Å²) in [7, 11) is -13.7. The van der Waals surface area contributed by atoms with Gasteiger partial charge in [0.25, 0.3) is 0 Å². The summed E-state index contributed by atoms with van der Waals surface area (Å²) in [6.45, 7) is 0. The fourth-order valence-electron chi connectivity index (χ4n) is 5.20. The van der Waals surface area contributed by atoms with Crippen molar-refractivity contribution in [3.63, 3.8) is 0 Å². The maximum absolute atomic E-state index is 13.7. The number of benzene rings is 1. The van der Waals surface area contributed by atoms with Gasteiger partial charge in [-0.25, -0.2) is 0 Å². The van der Waals surface area contributed by atoms with Crippen LogP contribution in [0.15, 0.2) is 20.1 Å². The van der Waals surface area contributed by atoms with E-state index in [1.807, 2.05) is 0 Å². The lowest BCUT2D eigenvalue weighted by atomic mass is 9.84. The van der Waals surface area contributed by atoms with Crippen molar-refractivity contribution in [2.75, 3.05) is 0 Å². The van der Waals surface area contributed by atoms with E-state index in [2.05, 4.69) is 8.37 Å². The molecule has 0 saturated carbocycles. The Balaban J connectivity index is 2.14. The molecule has 246 valence electrons. The van der Waals surface area contributed by atoms with Crippen LogP contribution < -0.4 is 8.37 Å². The molecule has 0 N–H and O–H groups in total. The number of fused-ring (bicyclic) bond motifs is 10. The minimum absolute atomic E-state index is 0.942. The predicted molar refractivity (Wildman–Crippen MR) is 154 cm³/mol. The van der Waals surface area contributed by atoms with Crippen LogP contribution in [0.2, 0.25) is 0 Å². The van der Waals surface area contributed by atoms with Crippen molar-refractivity contribution in [2.24, 2.45) is 0 Å². The third-order valence-electron chi connectivity index (χ3n) is 7.07. The topological polar surface area (TPSA) is 86.7 Å². The zero-order valence-corrected chi connectivity index (χ0v) is 29.8. The predicted octanol–water partition coefficient (Wildman–Crippen LogP) is 9.66. The Bertz CT molecular complexity index is 1680. The number of hydrogen-bond acceptors (Lipinski definition) is 6. The number of rotatable bonds is 4. The summed E-state index contributed by atoms with van der Waals surface area (Å²) in [5, 5.41) is -3.77. The normalized spacial score (nSPS) is 33.7. The van der Waals surface area contributed by atoms with Crippen molar-refractivity contribution in [1.82, 2.24) is 0 Å². The van der Waals surface area contributed by atoms with Crippen LogP contribution in [0.1, 0.15) is 22.3 Å². The summed E-state index contributed by atoms with van der Waals surface area (Å²) in [6.07, 6.45) is 0. The summed E-state index contributed by atoms with van der Waals surface area (Å²) in [5.74, 6) is -3.39. The van der Waals surface area contributed by atoms with Gasteiger partial charge in [0.1, 0.15) is 19.5 Å². The van der Waals surface area contributed by atoms with Gasteiger partial charge in [0.05, 0.1) is 20.1 Å². The van der Waals surface area contributed by atoms with E-state index >= 15 is 0 Å². The minimum atomic E-state index is -6.83. The first kappa shape index (κ1) is 36.5. The van der Waals surface area contributed by atoms with Gasteiger partial charge in [-0.1, -0.05) is 92.8 Å². The highest BCUT2D eigenvalue weighted by atomic mass is 35.5. The molecule has 0 aromatic heterocycles. The van der Waals surface area contributed by atoms with E-state index in [1.165, 1.54) is 0 Å². The molecule has 4 bridgehead atoms. The third kappa shape index (κ3) is 3.66. The van der Waals surface area contributed by atoms with Crippen LogP contribution in [-0.4, -0.2) is 36.5 Å². The summed E-state index contributed by atoms with van der Waals surface area (Å²) in [5.41, 5.74) is -17.8. The van der Waals surface area contributed by atoms with E-state index in [0.29, 0.717) is 0 Å². The van der Waals surface area contributed by atoms with Gasteiger partial charge in [-0.2, -0.15) is 43.2 Å². The second kappa shape index (κ2) is 9.52. The van der Waals surface area contributed by atoms with Gasteiger partial charge in [-0.3, -0.25) is 0 Å². The minimum Gasteiger partial charge on any atom is -0.375 e. The van der Waals surface area contributed by atoms with E-state index in [1.54, 1.807) is 0 Å². The van der Waals surface area contributed by atoms with Crippen molar-refractivity contribution in [1.29, 1.82) is 0 Å². The highest BCUT2D eigenvalue weighted by Gasteiger charge is 2.84. The Morgan fingerprint density at radius 1 is 0.455 bits per heavy atom. The lowest BCUT2D eigenvalue weighted by molar-refractivity contribution is -0.0506. The van der Waals surface area contributed by atoms with Gasteiger partial charge in [0, 0.05) is 22.3 Å². The van der Waals surface area contributed by atoms with Crippen molar-refractivity contribution in [3.8, 4) is 11.5 Å². The smallest absolute Gasteiger partial charge is 0.375 e. The molecule has 26 heteroatoms. The van der Waals surface area contributed by atoms with Crippen molar-refractivity contribution < 1.29 is 51.5 Å². The molecule has 0 spiro atoms. The first-order valence-corrected chi connectivity index (χ1v) is 17.6. The number of allylic oxidation sites excluding steroid dienone is 4. The molecular weight excluding hydrogens is 916 g/mol. The van der Waals surface area contributed by atoms with Gasteiger partial charge in [-0.15, -0.1) is 46.4 Å². The van der Waals surface area contributed by atoms with Crippen LogP contribution >= 0.6 is 139 Å². The quantitative estimate of drug-likeness (QED) is 0.130.